The third kappa shape index (κ3) is 3.04. The van der Waals surface area contributed by atoms with E-state index in [0.717, 1.165) is 29.4 Å². The number of amides is 1. The van der Waals surface area contributed by atoms with Gasteiger partial charge in [-0.2, -0.15) is 5.10 Å². The minimum Gasteiger partial charge on any atom is -0.377 e. The third-order valence-electron chi connectivity index (χ3n) is 5.30. The average Bonchev–Trinajstić information content (AvgIpc) is 3.27. The largest absolute Gasteiger partial charge is 0.377 e. The lowest BCUT2D eigenvalue weighted by Gasteiger charge is -2.20. The highest BCUT2D eigenvalue weighted by molar-refractivity contribution is 5.98. The van der Waals surface area contributed by atoms with Gasteiger partial charge in [0.2, 0.25) is 0 Å². The number of rotatable bonds is 4. The minimum atomic E-state index is -0.302. The van der Waals surface area contributed by atoms with Crippen LogP contribution in [-0.2, 0) is 4.74 Å². The maximum atomic E-state index is 12.7. The second-order valence-corrected chi connectivity index (χ2v) is 7.27. The zero-order valence-corrected chi connectivity index (χ0v) is 14.7. The first-order chi connectivity index (χ1) is 13.2. The Bertz CT molecular complexity index is 1030. The van der Waals surface area contributed by atoms with Gasteiger partial charge in [-0.1, -0.05) is 18.2 Å². The number of nitrogens with one attached hydrogen (secondary N) is 2. The molecule has 3 aromatic rings. The number of benzene rings is 1. The van der Waals surface area contributed by atoms with Crippen molar-refractivity contribution >= 4 is 16.8 Å². The van der Waals surface area contributed by atoms with Crippen molar-refractivity contribution in [2.75, 3.05) is 13.2 Å². The predicted octanol–water partition coefficient (Wildman–Crippen LogP) is 1.97. The fourth-order valence-electron chi connectivity index (χ4n) is 3.64. The lowest BCUT2D eigenvalue weighted by molar-refractivity contribution is 0.0920. The van der Waals surface area contributed by atoms with Gasteiger partial charge in [0.25, 0.3) is 11.5 Å². The molecule has 1 saturated heterocycles. The first kappa shape index (κ1) is 16.3. The van der Waals surface area contributed by atoms with Crippen molar-refractivity contribution in [1.82, 2.24) is 20.1 Å². The van der Waals surface area contributed by atoms with E-state index in [1.165, 1.54) is 4.68 Å². The number of para-hydroxylation sites is 1. The van der Waals surface area contributed by atoms with Gasteiger partial charge in [-0.3, -0.25) is 9.59 Å². The summed E-state index contributed by atoms with van der Waals surface area (Å²) in [5.74, 6) is 0.247. The van der Waals surface area contributed by atoms with E-state index in [-0.39, 0.29) is 23.6 Å². The number of aromatic nitrogens is 3. The third-order valence-corrected chi connectivity index (χ3v) is 5.30. The molecule has 3 heterocycles. The molecule has 2 unspecified atom stereocenters. The zero-order valence-electron chi connectivity index (χ0n) is 14.7. The van der Waals surface area contributed by atoms with Gasteiger partial charge in [-0.05, 0) is 31.0 Å². The second kappa shape index (κ2) is 6.35. The van der Waals surface area contributed by atoms with E-state index < -0.39 is 0 Å². The molecule has 2 atom stereocenters. The van der Waals surface area contributed by atoms with Gasteiger partial charge in [-0.15, -0.1) is 0 Å². The standard InChI is InChI=1S/C20H20N4O3/c25-19-8-7-15(12-5-6-12)23-24(19)18-11-27-10-17(18)22-20(26)16-9-13-3-1-2-4-14(13)21-16/h1-4,7-9,12,17-18,21H,5-6,10-11H2,(H,22,26). The number of hydrogen-bond acceptors (Lipinski definition) is 4. The Labute approximate surface area is 155 Å². The average molecular weight is 364 g/mol. The molecule has 2 N–H and O–H groups in total. The Morgan fingerprint density at radius 2 is 2.04 bits per heavy atom. The Morgan fingerprint density at radius 3 is 2.85 bits per heavy atom. The molecule has 138 valence electrons. The number of aromatic amines is 1. The first-order valence-electron chi connectivity index (χ1n) is 9.25. The molecular weight excluding hydrogens is 344 g/mol. The van der Waals surface area contributed by atoms with Crippen LogP contribution in [0.25, 0.3) is 10.9 Å². The molecule has 7 heteroatoms. The molecule has 0 radical (unpaired) electrons. The van der Waals surface area contributed by atoms with Gasteiger partial charge < -0.3 is 15.0 Å². The Kier molecular flexibility index (Phi) is 3.82. The summed E-state index contributed by atoms with van der Waals surface area (Å²) in [6, 6.07) is 12.3. The Hall–Kier alpha value is -2.93. The van der Waals surface area contributed by atoms with Crippen LogP contribution in [0.2, 0.25) is 0 Å². The number of ether oxygens (including phenoxy) is 1. The molecule has 2 aliphatic rings. The van der Waals surface area contributed by atoms with Crippen LogP contribution in [-0.4, -0.2) is 39.9 Å². The summed E-state index contributed by atoms with van der Waals surface area (Å²) in [5, 5.41) is 8.53. The van der Waals surface area contributed by atoms with Crippen LogP contribution in [0.15, 0.2) is 47.3 Å². The molecule has 2 fully saturated rings. The van der Waals surface area contributed by atoms with E-state index in [4.69, 9.17) is 4.74 Å². The molecule has 0 spiro atoms. The SMILES string of the molecule is O=C(NC1COCC1n1nc(C2CC2)ccc1=O)c1cc2ccccc2[nH]1. The van der Waals surface area contributed by atoms with Gasteiger partial charge in [0, 0.05) is 22.9 Å². The van der Waals surface area contributed by atoms with Crippen molar-refractivity contribution < 1.29 is 9.53 Å². The van der Waals surface area contributed by atoms with E-state index in [1.54, 1.807) is 6.07 Å². The van der Waals surface area contributed by atoms with Gasteiger partial charge in [0.05, 0.1) is 24.9 Å². The molecule has 1 aromatic carbocycles. The van der Waals surface area contributed by atoms with Crippen LogP contribution >= 0.6 is 0 Å². The zero-order chi connectivity index (χ0) is 18.4. The Balaban J connectivity index is 1.39. The van der Waals surface area contributed by atoms with Crippen molar-refractivity contribution in [3.05, 3.63) is 64.2 Å². The summed E-state index contributed by atoms with van der Waals surface area (Å²) >= 11 is 0. The maximum Gasteiger partial charge on any atom is 0.268 e. The molecule has 7 nitrogen and oxygen atoms in total. The summed E-state index contributed by atoms with van der Waals surface area (Å²) < 4.78 is 7.05. The van der Waals surface area contributed by atoms with Gasteiger partial charge >= 0.3 is 0 Å². The minimum absolute atomic E-state index is 0.167. The predicted molar refractivity (Wildman–Crippen MR) is 99.9 cm³/mol. The summed E-state index contributed by atoms with van der Waals surface area (Å²) in [6.45, 7) is 0.719. The number of hydrogen-bond donors (Lipinski definition) is 2. The van der Waals surface area contributed by atoms with Gasteiger partial charge in [0.1, 0.15) is 11.7 Å². The van der Waals surface area contributed by atoms with E-state index in [2.05, 4.69) is 15.4 Å². The van der Waals surface area contributed by atoms with E-state index in [9.17, 15) is 9.59 Å². The maximum absolute atomic E-state index is 12.7. The van der Waals surface area contributed by atoms with Crippen molar-refractivity contribution in [2.24, 2.45) is 0 Å². The molecule has 1 saturated carbocycles. The van der Waals surface area contributed by atoms with Crippen molar-refractivity contribution in [2.45, 2.75) is 30.8 Å². The van der Waals surface area contributed by atoms with Crippen LogP contribution in [0, 0.1) is 0 Å². The monoisotopic (exact) mass is 364 g/mol. The number of nitrogens with zero attached hydrogens (tertiary/aromatic N) is 2. The van der Waals surface area contributed by atoms with Crippen molar-refractivity contribution in [1.29, 1.82) is 0 Å². The lowest BCUT2D eigenvalue weighted by atomic mass is 10.1. The van der Waals surface area contributed by atoms with Gasteiger partial charge in [-0.25, -0.2) is 4.68 Å². The van der Waals surface area contributed by atoms with Crippen LogP contribution in [0.4, 0.5) is 0 Å². The lowest BCUT2D eigenvalue weighted by Crippen LogP contribution is -2.44. The smallest absolute Gasteiger partial charge is 0.268 e. The molecule has 0 bridgehead atoms. The molecule has 5 rings (SSSR count). The summed E-state index contributed by atoms with van der Waals surface area (Å²) in [6.07, 6.45) is 2.24. The highest BCUT2D eigenvalue weighted by Crippen LogP contribution is 2.38. The molecule has 2 aromatic heterocycles. The summed E-state index contributed by atoms with van der Waals surface area (Å²) in [4.78, 5) is 28.2. The number of carbonyl (C=O) groups excluding carboxylic acids is 1. The summed E-state index contributed by atoms with van der Waals surface area (Å²) in [5.41, 5.74) is 2.19. The van der Waals surface area contributed by atoms with E-state index in [1.807, 2.05) is 36.4 Å². The first-order valence-corrected chi connectivity index (χ1v) is 9.25. The van der Waals surface area contributed by atoms with Crippen LogP contribution in [0.1, 0.15) is 41.0 Å². The quantitative estimate of drug-likeness (QED) is 0.741. The molecular formula is C20H20N4O3. The highest BCUT2D eigenvalue weighted by Gasteiger charge is 2.34. The van der Waals surface area contributed by atoms with E-state index >= 15 is 0 Å². The highest BCUT2D eigenvalue weighted by atomic mass is 16.5. The topological polar surface area (TPSA) is 89.0 Å². The molecule has 1 amide bonds. The fourth-order valence-corrected chi connectivity index (χ4v) is 3.64. The number of fused-ring (bicyclic) bond motifs is 1. The molecule has 27 heavy (non-hydrogen) atoms. The normalized spacial score (nSPS) is 22.2. The second-order valence-electron chi connectivity index (χ2n) is 7.27. The van der Waals surface area contributed by atoms with Crippen LogP contribution < -0.4 is 10.9 Å². The van der Waals surface area contributed by atoms with E-state index in [0.29, 0.717) is 24.8 Å². The number of carbonyl (C=O) groups is 1. The van der Waals surface area contributed by atoms with Crippen LogP contribution in [0.5, 0.6) is 0 Å². The number of H-pyrrole nitrogens is 1. The van der Waals surface area contributed by atoms with Gasteiger partial charge in [0.15, 0.2) is 0 Å². The van der Waals surface area contributed by atoms with Crippen molar-refractivity contribution in [3.63, 3.8) is 0 Å². The molecule has 1 aliphatic heterocycles. The Morgan fingerprint density at radius 1 is 1.19 bits per heavy atom. The summed E-state index contributed by atoms with van der Waals surface area (Å²) in [7, 11) is 0. The van der Waals surface area contributed by atoms with Crippen molar-refractivity contribution in [3.8, 4) is 0 Å². The van der Waals surface area contributed by atoms with Crippen LogP contribution in [0.3, 0.4) is 0 Å². The fraction of sp³-hybridized carbons (Fsp3) is 0.350. The molecule has 1 aliphatic carbocycles.